The van der Waals surface area contributed by atoms with Crippen molar-refractivity contribution in [2.45, 2.75) is 4.90 Å². The number of hydrogen-bond acceptors (Lipinski definition) is 5. The summed E-state index contributed by atoms with van der Waals surface area (Å²) in [4.78, 5) is 1.40. The summed E-state index contributed by atoms with van der Waals surface area (Å²) in [6.07, 6.45) is 3.73. The van der Waals surface area contributed by atoms with Crippen LogP contribution in [0.4, 0.5) is 14.6 Å². The highest BCUT2D eigenvalue weighted by Crippen LogP contribution is 2.23. The smallest absolute Gasteiger partial charge is 0.246 e. The summed E-state index contributed by atoms with van der Waals surface area (Å²) in [5.41, 5.74) is 0. The van der Waals surface area contributed by atoms with Crippen molar-refractivity contribution in [1.82, 2.24) is 19.1 Å². The Morgan fingerprint density at radius 3 is 2.11 bits per heavy atom. The van der Waals surface area contributed by atoms with Crippen molar-refractivity contribution in [2.24, 2.45) is 0 Å². The van der Waals surface area contributed by atoms with Gasteiger partial charge in [-0.3, -0.25) is 0 Å². The molecule has 3 aromatic rings. The summed E-state index contributed by atoms with van der Waals surface area (Å²) < 4.78 is 55.3. The molecule has 1 fully saturated rings. The lowest BCUT2D eigenvalue weighted by molar-refractivity contribution is 0.380. The van der Waals surface area contributed by atoms with Crippen LogP contribution in [-0.4, -0.2) is 53.7 Å². The summed E-state index contributed by atoms with van der Waals surface area (Å²) in [5.74, 6) is -0.584. The van der Waals surface area contributed by atoms with Gasteiger partial charge in [0.25, 0.3) is 0 Å². The van der Waals surface area contributed by atoms with Crippen LogP contribution in [-0.2, 0) is 10.0 Å². The molecule has 0 amide bonds. The molecule has 1 aromatic carbocycles. The molecule has 3 heterocycles. The highest BCUT2D eigenvalue weighted by atomic mass is 32.2. The van der Waals surface area contributed by atoms with E-state index in [1.807, 2.05) is 46.1 Å². The van der Waals surface area contributed by atoms with Crippen molar-refractivity contribution in [3.05, 3.63) is 66.5 Å². The van der Waals surface area contributed by atoms with E-state index >= 15 is 0 Å². The first kappa shape index (κ1) is 18.5. The Kier molecular flexibility index (Phi) is 4.82. The van der Waals surface area contributed by atoms with Crippen LogP contribution in [0.2, 0.25) is 0 Å². The topological polar surface area (TPSA) is 71.3 Å². The predicted octanol–water partition coefficient (Wildman–Crippen LogP) is 2.06. The van der Waals surface area contributed by atoms with Crippen molar-refractivity contribution in [3.8, 4) is 5.82 Å². The molecule has 1 saturated heterocycles. The fraction of sp³-hybridized carbons (Fsp3) is 0.222. The lowest BCUT2D eigenvalue weighted by Crippen LogP contribution is -2.49. The van der Waals surface area contributed by atoms with E-state index in [2.05, 4.69) is 10.2 Å². The standard InChI is InChI=1S/C18H17F2N5O2S/c19-14-3-4-16(15(20)13-14)28(26,27)25-11-9-24(10-12-25)18-6-5-17(21-22-18)23-7-1-2-8-23/h1-8,13H,9-12H2. The molecule has 0 saturated carbocycles. The Bertz CT molecular complexity index is 1060. The zero-order chi connectivity index (χ0) is 19.7. The molecule has 4 rings (SSSR count). The maximum absolute atomic E-state index is 13.9. The number of piperazine rings is 1. The number of sulfonamides is 1. The van der Waals surface area contributed by atoms with E-state index in [1.165, 1.54) is 4.31 Å². The molecule has 10 heteroatoms. The van der Waals surface area contributed by atoms with Crippen LogP contribution in [0, 0.1) is 11.6 Å². The fourth-order valence-corrected chi connectivity index (χ4v) is 4.56. The highest BCUT2D eigenvalue weighted by Gasteiger charge is 2.31. The molecule has 1 aliphatic rings. The number of rotatable bonds is 4. The predicted molar refractivity (Wildman–Crippen MR) is 98.7 cm³/mol. The minimum atomic E-state index is -4.03. The molecular weight excluding hydrogens is 388 g/mol. The molecule has 28 heavy (non-hydrogen) atoms. The van der Waals surface area contributed by atoms with E-state index in [9.17, 15) is 17.2 Å². The Morgan fingerprint density at radius 1 is 0.857 bits per heavy atom. The van der Waals surface area contributed by atoms with Gasteiger partial charge in [-0.1, -0.05) is 0 Å². The van der Waals surface area contributed by atoms with Crippen molar-refractivity contribution in [1.29, 1.82) is 0 Å². The fourth-order valence-electron chi connectivity index (χ4n) is 3.09. The molecular formula is C18H17F2N5O2S. The lowest BCUT2D eigenvalue weighted by Gasteiger charge is -2.34. The minimum Gasteiger partial charge on any atom is -0.352 e. The third kappa shape index (κ3) is 3.48. The van der Waals surface area contributed by atoms with E-state index in [0.717, 1.165) is 12.1 Å². The minimum absolute atomic E-state index is 0.167. The average Bonchev–Trinajstić information content (AvgIpc) is 3.23. The van der Waals surface area contributed by atoms with Gasteiger partial charge in [-0.2, -0.15) is 4.31 Å². The van der Waals surface area contributed by atoms with Crippen LogP contribution in [0.1, 0.15) is 0 Å². The molecule has 2 aromatic heterocycles. The number of halogens is 2. The molecule has 1 aliphatic heterocycles. The van der Waals surface area contributed by atoms with Gasteiger partial charge in [0.2, 0.25) is 10.0 Å². The van der Waals surface area contributed by atoms with Gasteiger partial charge in [0.15, 0.2) is 11.6 Å². The molecule has 7 nitrogen and oxygen atoms in total. The number of hydrogen-bond donors (Lipinski definition) is 0. The van der Waals surface area contributed by atoms with Crippen LogP contribution >= 0.6 is 0 Å². The van der Waals surface area contributed by atoms with Crippen LogP contribution in [0.15, 0.2) is 59.8 Å². The second-order valence-electron chi connectivity index (χ2n) is 6.31. The van der Waals surface area contributed by atoms with Gasteiger partial charge < -0.3 is 9.47 Å². The van der Waals surface area contributed by atoms with E-state index in [4.69, 9.17) is 0 Å². The first-order valence-corrected chi connectivity index (χ1v) is 10.1. The van der Waals surface area contributed by atoms with Gasteiger partial charge in [0.05, 0.1) is 0 Å². The van der Waals surface area contributed by atoms with Gasteiger partial charge in [0, 0.05) is 44.6 Å². The molecule has 0 atom stereocenters. The molecule has 0 radical (unpaired) electrons. The van der Waals surface area contributed by atoms with Gasteiger partial charge in [-0.25, -0.2) is 17.2 Å². The third-order valence-electron chi connectivity index (χ3n) is 4.58. The van der Waals surface area contributed by atoms with Crippen LogP contribution in [0.3, 0.4) is 0 Å². The van der Waals surface area contributed by atoms with Crippen molar-refractivity contribution < 1.29 is 17.2 Å². The lowest BCUT2D eigenvalue weighted by atomic mass is 10.3. The number of anilines is 1. The van der Waals surface area contributed by atoms with Crippen LogP contribution in [0.25, 0.3) is 5.82 Å². The monoisotopic (exact) mass is 405 g/mol. The van der Waals surface area contributed by atoms with Crippen molar-refractivity contribution in [3.63, 3.8) is 0 Å². The molecule has 146 valence electrons. The van der Waals surface area contributed by atoms with Gasteiger partial charge >= 0.3 is 0 Å². The Balaban J connectivity index is 1.45. The van der Waals surface area contributed by atoms with Crippen molar-refractivity contribution >= 4 is 15.8 Å². The summed E-state index contributed by atoms with van der Waals surface area (Å²) in [5, 5.41) is 8.40. The molecule has 0 aliphatic carbocycles. The van der Waals surface area contributed by atoms with Crippen molar-refractivity contribution in [2.75, 3.05) is 31.1 Å². The Labute approximate surface area is 160 Å². The van der Waals surface area contributed by atoms with E-state index in [0.29, 0.717) is 30.8 Å². The maximum Gasteiger partial charge on any atom is 0.246 e. The van der Waals surface area contributed by atoms with E-state index < -0.39 is 26.6 Å². The highest BCUT2D eigenvalue weighted by molar-refractivity contribution is 7.89. The van der Waals surface area contributed by atoms with Crippen LogP contribution in [0.5, 0.6) is 0 Å². The first-order valence-electron chi connectivity index (χ1n) is 8.62. The maximum atomic E-state index is 13.9. The molecule has 0 bridgehead atoms. The van der Waals surface area contributed by atoms with Gasteiger partial charge in [0.1, 0.15) is 16.5 Å². The van der Waals surface area contributed by atoms with Crippen LogP contribution < -0.4 is 4.90 Å². The number of aromatic nitrogens is 3. The summed E-state index contributed by atoms with van der Waals surface area (Å²) in [6.45, 7) is 1.11. The second kappa shape index (κ2) is 7.28. The average molecular weight is 405 g/mol. The second-order valence-corrected chi connectivity index (χ2v) is 8.21. The molecule has 0 spiro atoms. The van der Waals surface area contributed by atoms with E-state index in [-0.39, 0.29) is 13.1 Å². The Morgan fingerprint density at radius 2 is 1.50 bits per heavy atom. The van der Waals surface area contributed by atoms with Gasteiger partial charge in [-0.15, -0.1) is 10.2 Å². The number of benzene rings is 1. The Hall–Kier alpha value is -2.85. The van der Waals surface area contributed by atoms with Gasteiger partial charge in [-0.05, 0) is 36.4 Å². The molecule has 0 unspecified atom stereocenters. The number of nitrogens with zero attached hydrogens (tertiary/aromatic N) is 5. The first-order chi connectivity index (χ1) is 13.4. The molecule has 0 N–H and O–H groups in total. The zero-order valence-corrected chi connectivity index (χ0v) is 15.6. The quantitative estimate of drug-likeness (QED) is 0.665. The summed E-state index contributed by atoms with van der Waals surface area (Å²) in [7, 11) is -4.03. The summed E-state index contributed by atoms with van der Waals surface area (Å²) in [6, 6.07) is 9.90. The zero-order valence-electron chi connectivity index (χ0n) is 14.7. The summed E-state index contributed by atoms with van der Waals surface area (Å²) >= 11 is 0. The largest absolute Gasteiger partial charge is 0.352 e. The SMILES string of the molecule is O=S(=O)(c1ccc(F)cc1F)N1CCN(c2ccc(-n3cccc3)nn2)CC1. The third-order valence-corrected chi connectivity index (χ3v) is 6.51. The normalized spacial score (nSPS) is 15.7. The van der Waals surface area contributed by atoms with E-state index in [1.54, 1.807) is 0 Å².